The first kappa shape index (κ1) is 24.4. The predicted molar refractivity (Wildman–Crippen MR) is 124 cm³/mol. The van der Waals surface area contributed by atoms with Crippen molar-refractivity contribution in [3.05, 3.63) is 65.7 Å². The van der Waals surface area contributed by atoms with Crippen LogP contribution in [0.2, 0.25) is 0 Å². The summed E-state index contributed by atoms with van der Waals surface area (Å²) in [5.41, 5.74) is 2.48. The topological polar surface area (TPSA) is 50.5 Å². The van der Waals surface area contributed by atoms with Gasteiger partial charge in [-0.25, -0.2) is 0 Å². The van der Waals surface area contributed by atoms with Crippen molar-refractivity contribution in [1.82, 2.24) is 0 Å². The summed E-state index contributed by atoms with van der Waals surface area (Å²) in [6.07, 6.45) is -0.466. The summed E-state index contributed by atoms with van der Waals surface area (Å²) in [5, 5.41) is 12.5. The van der Waals surface area contributed by atoms with Gasteiger partial charge in [0, 0.05) is 5.41 Å². The first-order valence-electron chi connectivity index (χ1n) is 11.4. The highest BCUT2D eigenvalue weighted by atomic mass is 16.5. The maximum atomic E-state index is 10.3. The van der Waals surface area contributed by atoms with Gasteiger partial charge in [0.05, 0.1) is 12.1 Å². The molecule has 0 unspecified atom stereocenters. The third-order valence-electron chi connectivity index (χ3n) is 6.07. The fourth-order valence-electron chi connectivity index (χ4n) is 4.07. The maximum absolute atomic E-state index is 10.3. The molecule has 0 heterocycles. The lowest BCUT2D eigenvalue weighted by Crippen LogP contribution is -3.19. The van der Waals surface area contributed by atoms with Crippen LogP contribution in [0.5, 0.6) is 5.75 Å². The summed E-state index contributed by atoms with van der Waals surface area (Å²) >= 11 is 0. The second kappa shape index (κ2) is 11.5. The van der Waals surface area contributed by atoms with Crippen molar-refractivity contribution in [2.45, 2.75) is 65.1 Å². The van der Waals surface area contributed by atoms with Crippen LogP contribution in [0.3, 0.4) is 0 Å². The molecule has 30 heavy (non-hydrogen) atoms. The van der Waals surface area contributed by atoms with E-state index in [4.69, 9.17) is 4.74 Å². The molecule has 0 saturated heterocycles. The Morgan fingerprint density at radius 2 is 1.47 bits per heavy atom. The SMILES string of the molecule is CC(C)[NH+](CC[NH2+]C[C@@H](O)COc1ccc(C(C)(C)c2ccccc2)cc1)C(C)C. The molecule has 4 N–H and O–H groups in total. The van der Waals surface area contributed by atoms with Gasteiger partial charge in [-0.05, 0) is 51.0 Å². The minimum atomic E-state index is -0.466. The Labute approximate surface area is 183 Å². The number of aliphatic hydroxyl groups excluding tert-OH is 1. The Balaban J connectivity index is 1.77. The molecule has 4 heteroatoms. The minimum Gasteiger partial charge on any atom is -0.491 e. The first-order valence-corrected chi connectivity index (χ1v) is 11.4. The summed E-state index contributed by atoms with van der Waals surface area (Å²) in [4.78, 5) is 1.61. The highest BCUT2D eigenvalue weighted by Gasteiger charge is 2.22. The van der Waals surface area contributed by atoms with E-state index in [1.165, 1.54) is 11.1 Å². The molecule has 0 aliphatic heterocycles. The summed E-state index contributed by atoms with van der Waals surface area (Å²) in [6.45, 7) is 16.7. The van der Waals surface area contributed by atoms with E-state index in [1.807, 2.05) is 18.2 Å². The van der Waals surface area contributed by atoms with Crippen LogP contribution in [-0.2, 0) is 5.41 Å². The van der Waals surface area contributed by atoms with Crippen molar-refractivity contribution < 1.29 is 20.1 Å². The summed E-state index contributed by atoms with van der Waals surface area (Å²) in [7, 11) is 0. The van der Waals surface area contributed by atoms with Gasteiger partial charge in [0.15, 0.2) is 0 Å². The molecular formula is C26H42N2O2+2. The Hall–Kier alpha value is -1.88. The summed E-state index contributed by atoms with van der Waals surface area (Å²) in [6, 6.07) is 20.0. The van der Waals surface area contributed by atoms with E-state index in [0.29, 0.717) is 25.2 Å². The van der Waals surface area contributed by atoms with Gasteiger partial charge in [-0.3, -0.25) is 0 Å². The van der Waals surface area contributed by atoms with E-state index in [2.05, 4.69) is 83.3 Å². The van der Waals surface area contributed by atoms with E-state index in [-0.39, 0.29) is 5.41 Å². The zero-order valence-electron chi connectivity index (χ0n) is 19.7. The molecule has 0 bridgehead atoms. The van der Waals surface area contributed by atoms with Crippen molar-refractivity contribution in [3.8, 4) is 5.75 Å². The molecule has 0 aromatic heterocycles. The third kappa shape index (κ3) is 7.12. The molecule has 0 spiro atoms. The molecule has 4 nitrogen and oxygen atoms in total. The molecule has 1 atom stereocenters. The standard InChI is InChI=1S/C26H40N2O2/c1-20(2)28(21(3)4)17-16-27-18-24(29)19-30-25-14-12-23(13-15-25)26(5,6)22-10-8-7-9-11-22/h7-15,20-21,24,27,29H,16-19H2,1-6H3/p+2/t24-/m1/s1. The normalized spacial score (nSPS) is 13.3. The molecular weight excluding hydrogens is 372 g/mol. The van der Waals surface area contributed by atoms with Crippen LogP contribution in [0, 0.1) is 0 Å². The van der Waals surface area contributed by atoms with Crippen molar-refractivity contribution in [1.29, 1.82) is 0 Å². The maximum Gasteiger partial charge on any atom is 0.137 e. The summed E-state index contributed by atoms with van der Waals surface area (Å²) in [5.74, 6) is 0.803. The van der Waals surface area contributed by atoms with Crippen molar-refractivity contribution in [2.75, 3.05) is 26.2 Å². The lowest BCUT2D eigenvalue weighted by atomic mass is 9.78. The van der Waals surface area contributed by atoms with Gasteiger partial charge in [-0.1, -0.05) is 56.3 Å². The largest absolute Gasteiger partial charge is 0.491 e. The molecule has 0 aliphatic carbocycles. The van der Waals surface area contributed by atoms with E-state index >= 15 is 0 Å². The van der Waals surface area contributed by atoms with Crippen LogP contribution in [0.1, 0.15) is 52.7 Å². The predicted octanol–water partition coefficient (Wildman–Crippen LogP) is 2.02. The van der Waals surface area contributed by atoms with Crippen LogP contribution >= 0.6 is 0 Å². The number of nitrogens with one attached hydrogen (secondary N) is 1. The number of nitrogens with two attached hydrogens (primary N) is 1. The number of ether oxygens (including phenoxy) is 1. The number of hydrogen-bond donors (Lipinski definition) is 3. The molecule has 0 radical (unpaired) electrons. The van der Waals surface area contributed by atoms with Gasteiger partial charge in [0.25, 0.3) is 0 Å². The minimum absolute atomic E-state index is 0.0594. The number of benzene rings is 2. The van der Waals surface area contributed by atoms with Gasteiger partial charge < -0.3 is 20.1 Å². The number of rotatable bonds is 12. The van der Waals surface area contributed by atoms with Crippen LogP contribution in [0.25, 0.3) is 0 Å². The molecule has 0 saturated carbocycles. The van der Waals surface area contributed by atoms with Crippen LogP contribution in [-0.4, -0.2) is 49.5 Å². The van der Waals surface area contributed by atoms with Crippen LogP contribution in [0.15, 0.2) is 54.6 Å². The lowest BCUT2D eigenvalue weighted by molar-refractivity contribution is -0.952. The molecule has 166 valence electrons. The Morgan fingerprint density at radius 1 is 0.900 bits per heavy atom. The average molecular weight is 415 g/mol. The summed E-state index contributed by atoms with van der Waals surface area (Å²) < 4.78 is 5.82. The smallest absolute Gasteiger partial charge is 0.137 e. The highest BCUT2D eigenvalue weighted by molar-refractivity contribution is 5.39. The Morgan fingerprint density at radius 3 is 2.03 bits per heavy atom. The van der Waals surface area contributed by atoms with Crippen LogP contribution < -0.4 is 15.0 Å². The van der Waals surface area contributed by atoms with Gasteiger partial charge in [-0.2, -0.15) is 0 Å². The highest BCUT2D eigenvalue weighted by Crippen LogP contribution is 2.32. The van der Waals surface area contributed by atoms with Gasteiger partial charge in [0.1, 0.15) is 38.1 Å². The third-order valence-corrected chi connectivity index (χ3v) is 6.07. The molecule has 0 amide bonds. The zero-order valence-corrected chi connectivity index (χ0v) is 19.7. The van der Waals surface area contributed by atoms with Gasteiger partial charge in [-0.15, -0.1) is 0 Å². The van der Waals surface area contributed by atoms with E-state index in [1.54, 1.807) is 4.90 Å². The molecule has 0 aliphatic rings. The molecule has 2 aromatic rings. The molecule has 2 rings (SSSR count). The molecule has 2 aromatic carbocycles. The number of hydrogen-bond acceptors (Lipinski definition) is 2. The van der Waals surface area contributed by atoms with E-state index < -0.39 is 6.10 Å². The average Bonchev–Trinajstić information content (AvgIpc) is 2.72. The van der Waals surface area contributed by atoms with Crippen molar-refractivity contribution >= 4 is 0 Å². The van der Waals surface area contributed by atoms with Gasteiger partial charge >= 0.3 is 0 Å². The Bertz CT molecular complexity index is 718. The van der Waals surface area contributed by atoms with E-state index in [9.17, 15) is 5.11 Å². The van der Waals surface area contributed by atoms with Gasteiger partial charge in [0.2, 0.25) is 0 Å². The fourth-order valence-corrected chi connectivity index (χ4v) is 4.07. The van der Waals surface area contributed by atoms with E-state index in [0.717, 1.165) is 18.8 Å². The Kier molecular flexibility index (Phi) is 9.35. The fraction of sp³-hybridized carbons (Fsp3) is 0.538. The number of quaternary nitrogens is 2. The first-order chi connectivity index (χ1) is 14.2. The second-order valence-corrected chi connectivity index (χ2v) is 9.43. The zero-order chi connectivity index (χ0) is 22.1. The number of aliphatic hydroxyl groups is 1. The van der Waals surface area contributed by atoms with Crippen molar-refractivity contribution in [2.24, 2.45) is 0 Å². The lowest BCUT2D eigenvalue weighted by Gasteiger charge is -2.26. The molecule has 0 fully saturated rings. The quantitative estimate of drug-likeness (QED) is 0.466. The van der Waals surface area contributed by atoms with Crippen LogP contribution in [0.4, 0.5) is 0 Å². The monoisotopic (exact) mass is 414 g/mol. The van der Waals surface area contributed by atoms with Crippen molar-refractivity contribution in [3.63, 3.8) is 0 Å². The second-order valence-electron chi connectivity index (χ2n) is 9.43.